The van der Waals surface area contributed by atoms with Gasteiger partial charge in [0.05, 0.1) is 17.1 Å². The van der Waals surface area contributed by atoms with Crippen LogP contribution >= 0.6 is 11.3 Å². The Morgan fingerprint density at radius 2 is 1.90 bits per heavy atom. The Hall–Kier alpha value is -2.62. The third-order valence-corrected chi connectivity index (χ3v) is 8.15. The van der Waals surface area contributed by atoms with Crippen molar-refractivity contribution in [3.05, 3.63) is 64.9 Å². The summed E-state index contributed by atoms with van der Waals surface area (Å²) >= 11 is 1.52. The van der Waals surface area contributed by atoms with Crippen molar-refractivity contribution < 1.29 is 13.2 Å². The van der Waals surface area contributed by atoms with Crippen LogP contribution in [0.2, 0.25) is 0 Å². The summed E-state index contributed by atoms with van der Waals surface area (Å²) in [5, 5.41) is 3.75. The second-order valence-electron chi connectivity index (χ2n) is 7.09. The molecule has 1 aliphatic heterocycles. The van der Waals surface area contributed by atoms with Crippen LogP contribution in [0.4, 0.5) is 0 Å². The summed E-state index contributed by atoms with van der Waals surface area (Å²) in [6, 6.07) is 9.92. The lowest BCUT2D eigenvalue weighted by molar-refractivity contribution is 0.0951. The molecule has 2 aromatic heterocycles. The number of rotatable bonds is 6. The molecule has 1 aromatic carbocycles. The monoisotopic (exact) mass is 442 g/mol. The van der Waals surface area contributed by atoms with Crippen molar-refractivity contribution in [3.63, 3.8) is 0 Å². The fourth-order valence-corrected chi connectivity index (χ4v) is 5.83. The van der Waals surface area contributed by atoms with Crippen molar-refractivity contribution in [2.45, 2.75) is 31.2 Å². The molecule has 9 heteroatoms. The summed E-state index contributed by atoms with van der Waals surface area (Å²) in [7, 11) is -3.48. The van der Waals surface area contributed by atoms with Crippen LogP contribution in [0.25, 0.3) is 10.6 Å². The Morgan fingerprint density at radius 1 is 1.17 bits per heavy atom. The molecule has 0 bridgehead atoms. The molecule has 0 atom stereocenters. The molecule has 7 nitrogen and oxygen atoms in total. The number of nitrogens with one attached hydrogen (secondary N) is 1. The van der Waals surface area contributed by atoms with E-state index >= 15 is 0 Å². The fraction of sp³-hybridized carbons (Fsp3) is 0.286. The van der Waals surface area contributed by atoms with E-state index < -0.39 is 10.0 Å². The van der Waals surface area contributed by atoms with E-state index in [1.165, 1.54) is 27.8 Å². The Kier molecular flexibility index (Phi) is 5.94. The third-order valence-electron chi connectivity index (χ3n) is 5.03. The summed E-state index contributed by atoms with van der Waals surface area (Å²) < 4.78 is 26.7. The molecule has 30 heavy (non-hydrogen) atoms. The average Bonchev–Trinajstić information content (AvgIpc) is 3.43. The highest BCUT2D eigenvalue weighted by Gasteiger charge is 2.27. The molecule has 156 valence electrons. The van der Waals surface area contributed by atoms with Gasteiger partial charge in [0.2, 0.25) is 10.0 Å². The van der Waals surface area contributed by atoms with Crippen molar-refractivity contribution in [2.24, 2.45) is 0 Å². The molecule has 1 N–H and O–H groups in total. The normalized spacial score (nSPS) is 14.7. The highest BCUT2D eigenvalue weighted by molar-refractivity contribution is 7.89. The molecule has 1 aliphatic rings. The number of aryl methyl sites for hydroxylation is 1. The standard InChI is InChI=1S/C21H22N4O3S2/c1-15-19(29-21(24-15)17-5-4-10-22-13-17)14-23-20(26)16-6-8-18(9-7-16)30(27,28)25-11-2-3-12-25/h4-10,13H,2-3,11-12,14H2,1H3,(H,23,26). The number of nitrogens with zero attached hydrogens (tertiary/aromatic N) is 3. The number of hydrogen-bond donors (Lipinski definition) is 1. The Morgan fingerprint density at radius 3 is 2.57 bits per heavy atom. The molecule has 3 heterocycles. The first-order valence-electron chi connectivity index (χ1n) is 9.70. The lowest BCUT2D eigenvalue weighted by Crippen LogP contribution is -2.28. The highest BCUT2D eigenvalue weighted by Crippen LogP contribution is 2.27. The van der Waals surface area contributed by atoms with E-state index in [1.54, 1.807) is 24.5 Å². The van der Waals surface area contributed by atoms with Gasteiger partial charge in [-0.25, -0.2) is 13.4 Å². The van der Waals surface area contributed by atoms with Crippen LogP contribution in [0.1, 0.15) is 33.8 Å². The zero-order valence-electron chi connectivity index (χ0n) is 16.5. The van der Waals surface area contributed by atoms with Gasteiger partial charge in [-0.2, -0.15) is 4.31 Å². The van der Waals surface area contributed by atoms with E-state index in [9.17, 15) is 13.2 Å². The second kappa shape index (κ2) is 8.63. The van der Waals surface area contributed by atoms with E-state index in [0.717, 1.165) is 34.0 Å². The lowest BCUT2D eigenvalue weighted by Gasteiger charge is -2.15. The molecule has 0 spiro atoms. The van der Waals surface area contributed by atoms with Gasteiger partial charge in [-0.15, -0.1) is 11.3 Å². The van der Waals surface area contributed by atoms with Crippen LogP contribution in [0.15, 0.2) is 53.7 Å². The fourth-order valence-electron chi connectivity index (χ4n) is 3.32. The highest BCUT2D eigenvalue weighted by atomic mass is 32.2. The van der Waals surface area contributed by atoms with Gasteiger partial charge >= 0.3 is 0 Å². The molecule has 0 radical (unpaired) electrons. The molecular weight excluding hydrogens is 420 g/mol. The SMILES string of the molecule is Cc1nc(-c2cccnc2)sc1CNC(=O)c1ccc(S(=O)(=O)N2CCCC2)cc1. The average molecular weight is 443 g/mol. The quantitative estimate of drug-likeness (QED) is 0.633. The number of thiazole rings is 1. The lowest BCUT2D eigenvalue weighted by atomic mass is 10.2. The van der Waals surface area contributed by atoms with Gasteiger partial charge in [-0.3, -0.25) is 9.78 Å². The Balaban J connectivity index is 1.42. The van der Waals surface area contributed by atoms with Gasteiger partial charge in [-0.05, 0) is 56.2 Å². The molecule has 1 amide bonds. The summed E-state index contributed by atoms with van der Waals surface area (Å²) in [5.74, 6) is -0.254. The maximum absolute atomic E-state index is 12.6. The number of aromatic nitrogens is 2. The molecule has 3 aromatic rings. The maximum Gasteiger partial charge on any atom is 0.251 e. The maximum atomic E-state index is 12.6. The summed E-state index contributed by atoms with van der Waals surface area (Å²) in [4.78, 5) is 22.4. The number of sulfonamides is 1. The van der Waals surface area contributed by atoms with Gasteiger partial charge in [0.1, 0.15) is 5.01 Å². The number of carbonyl (C=O) groups excluding carboxylic acids is 1. The van der Waals surface area contributed by atoms with E-state index in [4.69, 9.17) is 0 Å². The number of carbonyl (C=O) groups is 1. The van der Waals surface area contributed by atoms with Crippen LogP contribution in [0, 0.1) is 6.92 Å². The van der Waals surface area contributed by atoms with E-state index in [0.29, 0.717) is 25.2 Å². The van der Waals surface area contributed by atoms with E-state index in [1.807, 2.05) is 19.1 Å². The minimum atomic E-state index is -3.48. The zero-order chi connectivity index (χ0) is 21.1. The van der Waals surface area contributed by atoms with Crippen LogP contribution in [0.3, 0.4) is 0 Å². The summed E-state index contributed by atoms with van der Waals surface area (Å²) in [5.41, 5.74) is 2.23. The zero-order valence-corrected chi connectivity index (χ0v) is 18.2. The number of benzene rings is 1. The molecule has 1 fully saturated rings. The summed E-state index contributed by atoms with van der Waals surface area (Å²) in [6.45, 7) is 3.38. The minimum Gasteiger partial charge on any atom is -0.347 e. The predicted molar refractivity (Wildman–Crippen MR) is 116 cm³/mol. The van der Waals surface area contributed by atoms with Crippen molar-refractivity contribution >= 4 is 27.3 Å². The molecule has 4 rings (SSSR count). The topological polar surface area (TPSA) is 92.3 Å². The Bertz CT molecular complexity index is 1140. The van der Waals surface area contributed by atoms with E-state index in [2.05, 4.69) is 15.3 Å². The Labute approximate surface area is 179 Å². The van der Waals surface area contributed by atoms with Crippen LogP contribution in [-0.4, -0.2) is 41.7 Å². The molecule has 0 aliphatic carbocycles. The molecular formula is C21H22N4O3S2. The van der Waals surface area contributed by atoms with Gasteiger partial charge in [0.15, 0.2) is 0 Å². The van der Waals surface area contributed by atoms with Crippen LogP contribution in [-0.2, 0) is 16.6 Å². The first-order valence-corrected chi connectivity index (χ1v) is 12.0. The van der Waals surface area contributed by atoms with Crippen molar-refractivity contribution in [1.29, 1.82) is 0 Å². The largest absolute Gasteiger partial charge is 0.347 e. The minimum absolute atomic E-state index is 0.223. The molecule has 1 saturated heterocycles. The summed E-state index contributed by atoms with van der Waals surface area (Å²) in [6.07, 6.45) is 5.25. The predicted octanol–water partition coefficient (Wildman–Crippen LogP) is 3.23. The van der Waals surface area contributed by atoms with E-state index in [-0.39, 0.29) is 10.8 Å². The third kappa shape index (κ3) is 4.28. The van der Waals surface area contributed by atoms with Crippen LogP contribution < -0.4 is 5.32 Å². The van der Waals surface area contributed by atoms with Crippen molar-refractivity contribution in [3.8, 4) is 10.6 Å². The molecule has 0 unspecified atom stereocenters. The van der Waals surface area contributed by atoms with Crippen molar-refractivity contribution in [2.75, 3.05) is 13.1 Å². The van der Waals surface area contributed by atoms with Gasteiger partial charge in [0.25, 0.3) is 5.91 Å². The van der Waals surface area contributed by atoms with Gasteiger partial charge < -0.3 is 5.32 Å². The first kappa shape index (κ1) is 20.6. The first-order chi connectivity index (χ1) is 14.4. The smallest absolute Gasteiger partial charge is 0.251 e. The van der Waals surface area contributed by atoms with Gasteiger partial charge in [-0.1, -0.05) is 0 Å². The van der Waals surface area contributed by atoms with Gasteiger partial charge in [0, 0.05) is 41.5 Å². The van der Waals surface area contributed by atoms with Crippen LogP contribution in [0.5, 0.6) is 0 Å². The van der Waals surface area contributed by atoms with Crippen molar-refractivity contribution in [1.82, 2.24) is 19.6 Å². The number of amides is 1. The number of pyridine rings is 1. The number of hydrogen-bond acceptors (Lipinski definition) is 6. The second-order valence-corrected chi connectivity index (χ2v) is 10.1. The molecule has 0 saturated carbocycles.